The fourth-order valence-electron chi connectivity index (χ4n) is 2.09. The van der Waals surface area contributed by atoms with Crippen molar-refractivity contribution in [2.75, 3.05) is 6.54 Å². The molecule has 5 heteroatoms. The van der Waals surface area contributed by atoms with E-state index >= 15 is 0 Å². The Kier molecular flexibility index (Phi) is 4.94. The van der Waals surface area contributed by atoms with Gasteiger partial charge in [-0.25, -0.2) is 8.78 Å². The molecule has 0 saturated heterocycles. The molecule has 2 nitrogen and oxygen atoms in total. The number of rotatable bonds is 5. The number of nitrogens with one attached hydrogen (secondary N) is 1. The highest BCUT2D eigenvalue weighted by atomic mass is 79.9. The summed E-state index contributed by atoms with van der Waals surface area (Å²) in [5.74, 6) is -0.112. The Balaban J connectivity index is 2.35. The molecule has 0 amide bonds. The van der Waals surface area contributed by atoms with Crippen molar-refractivity contribution in [3.8, 4) is 11.3 Å². The molecule has 1 atom stereocenters. The van der Waals surface area contributed by atoms with Gasteiger partial charge in [-0.1, -0.05) is 13.8 Å². The second kappa shape index (κ2) is 6.50. The van der Waals surface area contributed by atoms with Crippen LogP contribution in [0.1, 0.15) is 32.1 Å². The lowest BCUT2D eigenvalue weighted by Gasteiger charge is -2.12. The Morgan fingerprint density at radius 3 is 2.60 bits per heavy atom. The smallest absolute Gasteiger partial charge is 0.140 e. The quantitative estimate of drug-likeness (QED) is 0.768. The Morgan fingerprint density at radius 2 is 1.95 bits per heavy atom. The van der Waals surface area contributed by atoms with Gasteiger partial charge in [0, 0.05) is 6.07 Å². The molecule has 2 aromatic rings. The Bertz CT molecular complexity index is 598. The van der Waals surface area contributed by atoms with E-state index in [1.807, 2.05) is 19.9 Å². The number of halogens is 3. The van der Waals surface area contributed by atoms with Gasteiger partial charge in [0.1, 0.15) is 23.2 Å². The van der Waals surface area contributed by atoms with Crippen LogP contribution in [0.25, 0.3) is 11.3 Å². The third-order valence-corrected chi connectivity index (χ3v) is 3.71. The Labute approximate surface area is 125 Å². The zero-order valence-electron chi connectivity index (χ0n) is 11.3. The van der Waals surface area contributed by atoms with E-state index in [4.69, 9.17) is 4.42 Å². The van der Waals surface area contributed by atoms with Gasteiger partial charge in [-0.15, -0.1) is 0 Å². The van der Waals surface area contributed by atoms with Gasteiger partial charge in [-0.05, 0) is 47.1 Å². The third kappa shape index (κ3) is 3.10. The summed E-state index contributed by atoms with van der Waals surface area (Å²) < 4.78 is 33.0. The number of hydrogen-bond acceptors (Lipinski definition) is 2. The van der Waals surface area contributed by atoms with Crippen LogP contribution in [0, 0.1) is 11.6 Å². The van der Waals surface area contributed by atoms with E-state index < -0.39 is 11.6 Å². The summed E-state index contributed by atoms with van der Waals surface area (Å²) in [7, 11) is 0. The summed E-state index contributed by atoms with van der Waals surface area (Å²) in [6.45, 7) is 4.89. The molecule has 0 bridgehead atoms. The zero-order chi connectivity index (χ0) is 14.7. The largest absolute Gasteiger partial charge is 0.459 e. The molecule has 1 N–H and O–H groups in total. The first-order valence-electron chi connectivity index (χ1n) is 6.54. The van der Waals surface area contributed by atoms with Crippen molar-refractivity contribution in [1.29, 1.82) is 0 Å². The molecule has 1 unspecified atom stereocenters. The predicted octanol–water partition coefficient (Wildman–Crippen LogP) is 5.05. The highest BCUT2D eigenvalue weighted by molar-refractivity contribution is 9.10. The lowest BCUT2D eigenvalue weighted by Crippen LogP contribution is -2.19. The van der Waals surface area contributed by atoms with Crippen LogP contribution < -0.4 is 5.32 Å². The van der Waals surface area contributed by atoms with Crippen molar-refractivity contribution < 1.29 is 13.2 Å². The molecular formula is C15H16BrF2NO. The summed E-state index contributed by atoms with van der Waals surface area (Å²) >= 11 is 3.06. The van der Waals surface area contributed by atoms with Crippen LogP contribution >= 0.6 is 15.9 Å². The zero-order valence-corrected chi connectivity index (χ0v) is 12.9. The highest BCUT2D eigenvalue weighted by Gasteiger charge is 2.16. The van der Waals surface area contributed by atoms with Gasteiger partial charge in [0.2, 0.25) is 0 Å². The fourth-order valence-corrected chi connectivity index (χ4v) is 2.43. The number of benzene rings is 1. The Morgan fingerprint density at radius 1 is 1.20 bits per heavy atom. The molecule has 20 heavy (non-hydrogen) atoms. The highest BCUT2D eigenvalue weighted by Crippen LogP contribution is 2.31. The van der Waals surface area contributed by atoms with Crippen molar-refractivity contribution in [3.05, 3.63) is 46.1 Å². The van der Waals surface area contributed by atoms with Crippen molar-refractivity contribution in [2.24, 2.45) is 0 Å². The van der Waals surface area contributed by atoms with E-state index in [-0.39, 0.29) is 16.1 Å². The maximum Gasteiger partial charge on any atom is 0.140 e. The number of furan rings is 1. The van der Waals surface area contributed by atoms with E-state index in [9.17, 15) is 8.78 Å². The van der Waals surface area contributed by atoms with Gasteiger partial charge in [-0.2, -0.15) is 0 Å². The molecule has 0 aliphatic rings. The van der Waals surface area contributed by atoms with Crippen LogP contribution in [0.5, 0.6) is 0 Å². The summed E-state index contributed by atoms with van der Waals surface area (Å²) in [6.07, 6.45) is 0.871. The molecule has 0 fully saturated rings. The first-order chi connectivity index (χ1) is 9.56. The molecular weight excluding hydrogens is 328 g/mol. The van der Waals surface area contributed by atoms with Gasteiger partial charge in [0.25, 0.3) is 0 Å². The van der Waals surface area contributed by atoms with Gasteiger partial charge in [-0.3, -0.25) is 0 Å². The SMILES string of the molecule is CCNC(CC)c1ccc(-c2cc(Br)c(F)cc2F)o1. The van der Waals surface area contributed by atoms with Crippen molar-refractivity contribution in [1.82, 2.24) is 5.32 Å². The maximum absolute atomic E-state index is 13.8. The van der Waals surface area contributed by atoms with Crippen LogP contribution in [-0.4, -0.2) is 6.54 Å². The second-order valence-corrected chi connectivity index (χ2v) is 5.32. The van der Waals surface area contributed by atoms with Crippen LogP contribution in [-0.2, 0) is 0 Å². The molecule has 1 aromatic heterocycles. The standard InChI is InChI=1S/C15H16BrF2NO/c1-3-13(19-4-2)15-6-5-14(20-15)9-7-10(16)12(18)8-11(9)17/h5-8,13,19H,3-4H2,1-2H3. The molecule has 0 saturated carbocycles. The van der Waals surface area contributed by atoms with Crippen LogP contribution in [0.4, 0.5) is 8.78 Å². The van der Waals surface area contributed by atoms with Gasteiger partial charge in [0.05, 0.1) is 16.1 Å². The van der Waals surface area contributed by atoms with E-state index in [0.29, 0.717) is 5.76 Å². The third-order valence-electron chi connectivity index (χ3n) is 3.10. The lowest BCUT2D eigenvalue weighted by molar-refractivity contribution is 0.416. The monoisotopic (exact) mass is 343 g/mol. The van der Waals surface area contributed by atoms with Crippen LogP contribution in [0.3, 0.4) is 0 Å². The second-order valence-electron chi connectivity index (χ2n) is 4.47. The van der Waals surface area contributed by atoms with E-state index in [0.717, 1.165) is 24.8 Å². The minimum Gasteiger partial charge on any atom is -0.459 e. The van der Waals surface area contributed by atoms with Gasteiger partial charge in [0.15, 0.2) is 0 Å². The van der Waals surface area contributed by atoms with Crippen molar-refractivity contribution >= 4 is 15.9 Å². The first kappa shape index (κ1) is 15.2. The van der Waals surface area contributed by atoms with E-state index in [1.54, 1.807) is 6.07 Å². The minimum absolute atomic E-state index is 0.0979. The minimum atomic E-state index is -0.636. The topological polar surface area (TPSA) is 25.2 Å². The van der Waals surface area contributed by atoms with E-state index in [2.05, 4.69) is 21.2 Å². The molecule has 0 aliphatic carbocycles. The van der Waals surface area contributed by atoms with Crippen molar-refractivity contribution in [2.45, 2.75) is 26.3 Å². The molecule has 108 valence electrons. The van der Waals surface area contributed by atoms with Gasteiger partial charge < -0.3 is 9.73 Å². The molecule has 1 heterocycles. The number of hydrogen-bond donors (Lipinski definition) is 1. The fraction of sp³-hybridized carbons (Fsp3) is 0.333. The van der Waals surface area contributed by atoms with Gasteiger partial charge >= 0.3 is 0 Å². The molecule has 1 aromatic carbocycles. The summed E-state index contributed by atoms with van der Waals surface area (Å²) in [5, 5.41) is 3.29. The molecule has 2 rings (SSSR count). The average Bonchev–Trinajstić information content (AvgIpc) is 2.89. The van der Waals surface area contributed by atoms with Crippen molar-refractivity contribution in [3.63, 3.8) is 0 Å². The molecule has 0 radical (unpaired) electrons. The molecule has 0 aliphatic heterocycles. The predicted molar refractivity (Wildman–Crippen MR) is 78.5 cm³/mol. The summed E-state index contributed by atoms with van der Waals surface area (Å²) in [5.41, 5.74) is 0.246. The lowest BCUT2D eigenvalue weighted by atomic mass is 10.1. The average molecular weight is 344 g/mol. The Hall–Kier alpha value is -1.20. The van der Waals surface area contributed by atoms with Crippen LogP contribution in [0.2, 0.25) is 0 Å². The van der Waals surface area contributed by atoms with E-state index in [1.165, 1.54) is 6.07 Å². The normalized spacial score (nSPS) is 12.7. The summed E-state index contributed by atoms with van der Waals surface area (Å²) in [4.78, 5) is 0. The maximum atomic E-state index is 13.8. The molecule has 0 spiro atoms. The first-order valence-corrected chi connectivity index (χ1v) is 7.34. The summed E-state index contributed by atoms with van der Waals surface area (Å²) in [6, 6.07) is 5.87. The van der Waals surface area contributed by atoms with Crippen LogP contribution in [0.15, 0.2) is 33.2 Å².